The van der Waals surface area contributed by atoms with E-state index in [1.165, 1.54) is 18.4 Å². The molecule has 0 amide bonds. The number of fused-ring (bicyclic) bond motifs is 2. The molecule has 0 aliphatic heterocycles. The molecule has 3 rings (SSSR count). The van der Waals surface area contributed by atoms with Crippen molar-refractivity contribution in [1.82, 2.24) is 19.6 Å². The van der Waals surface area contributed by atoms with Crippen molar-refractivity contribution < 1.29 is 0 Å². The van der Waals surface area contributed by atoms with Gasteiger partial charge in [-0.25, -0.2) is 4.98 Å². The molecule has 2 aromatic rings. The van der Waals surface area contributed by atoms with Gasteiger partial charge in [0.1, 0.15) is 10.9 Å². The molecule has 77 valence electrons. The zero-order valence-corrected chi connectivity index (χ0v) is 9.34. The van der Waals surface area contributed by atoms with E-state index in [1.54, 1.807) is 4.52 Å². The van der Waals surface area contributed by atoms with Gasteiger partial charge in [-0.2, -0.15) is 9.50 Å². The molecule has 2 heterocycles. The second-order valence-electron chi connectivity index (χ2n) is 3.92. The summed E-state index contributed by atoms with van der Waals surface area (Å²) in [7, 11) is 0. The van der Waals surface area contributed by atoms with Gasteiger partial charge in [-0.15, -0.1) is 5.10 Å². The van der Waals surface area contributed by atoms with Crippen molar-refractivity contribution in [2.75, 3.05) is 0 Å². The minimum Gasteiger partial charge on any atom is -0.216 e. The van der Waals surface area contributed by atoms with E-state index in [-0.39, 0.29) is 0 Å². The lowest BCUT2D eigenvalue weighted by molar-refractivity contribution is 0.635. The predicted octanol–water partition coefficient (Wildman–Crippen LogP) is 1.87. The maximum atomic E-state index is 5.41. The number of rotatable bonds is 0. The first-order chi connectivity index (χ1) is 7.25. The molecule has 0 saturated heterocycles. The third-order valence-corrected chi connectivity index (χ3v) is 3.24. The van der Waals surface area contributed by atoms with Crippen LogP contribution >= 0.6 is 12.6 Å². The molecule has 1 radical (unpaired) electrons. The van der Waals surface area contributed by atoms with Gasteiger partial charge >= 0.3 is 0 Å². The first-order valence-corrected chi connectivity index (χ1v) is 5.58. The predicted molar refractivity (Wildman–Crippen MR) is 58.0 cm³/mol. The lowest BCUT2D eigenvalue weighted by Crippen LogP contribution is -2.10. The minimum absolute atomic E-state index is 0.651. The van der Waals surface area contributed by atoms with Crippen LogP contribution in [0, 0.1) is 6.92 Å². The van der Waals surface area contributed by atoms with Gasteiger partial charge in [-0.3, -0.25) is 0 Å². The van der Waals surface area contributed by atoms with Gasteiger partial charge in [-0.1, -0.05) is 12.6 Å². The Morgan fingerprint density at radius 1 is 1.20 bits per heavy atom. The molecule has 1 aliphatic carbocycles. The van der Waals surface area contributed by atoms with E-state index in [1.807, 2.05) is 6.92 Å². The number of hydrogen-bond acceptors (Lipinski definition) is 3. The maximum absolute atomic E-state index is 5.41. The van der Waals surface area contributed by atoms with Crippen molar-refractivity contribution in [2.24, 2.45) is 0 Å². The highest BCUT2D eigenvalue weighted by atomic mass is 32.1. The second-order valence-corrected chi connectivity index (χ2v) is 4.31. The SMILES string of the molecule is Cc1nc2nc3c(c([S])n2n1)CCCC3. The van der Waals surface area contributed by atoms with Crippen LogP contribution in [0.15, 0.2) is 5.03 Å². The van der Waals surface area contributed by atoms with Gasteiger partial charge in [0.25, 0.3) is 5.78 Å². The summed E-state index contributed by atoms with van der Waals surface area (Å²) in [5, 5.41) is 5.06. The number of nitrogens with zero attached hydrogens (tertiary/aromatic N) is 4. The lowest BCUT2D eigenvalue weighted by Gasteiger charge is -2.15. The average Bonchev–Trinajstić information content (AvgIpc) is 2.59. The van der Waals surface area contributed by atoms with Gasteiger partial charge in [0, 0.05) is 5.56 Å². The Balaban J connectivity index is 2.35. The molecule has 15 heavy (non-hydrogen) atoms. The highest BCUT2D eigenvalue weighted by Crippen LogP contribution is 2.25. The fraction of sp³-hybridized carbons (Fsp3) is 0.500. The van der Waals surface area contributed by atoms with Crippen LogP contribution in [-0.4, -0.2) is 19.6 Å². The molecule has 0 unspecified atom stereocenters. The molecule has 4 nitrogen and oxygen atoms in total. The zero-order chi connectivity index (χ0) is 10.4. The minimum atomic E-state index is 0.651. The van der Waals surface area contributed by atoms with Crippen molar-refractivity contribution in [3.63, 3.8) is 0 Å². The summed E-state index contributed by atoms with van der Waals surface area (Å²) in [6, 6.07) is 0. The van der Waals surface area contributed by atoms with E-state index < -0.39 is 0 Å². The van der Waals surface area contributed by atoms with Crippen molar-refractivity contribution in [2.45, 2.75) is 37.6 Å². The van der Waals surface area contributed by atoms with Crippen LogP contribution in [0.4, 0.5) is 0 Å². The molecule has 0 spiro atoms. The lowest BCUT2D eigenvalue weighted by atomic mass is 9.97. The number of hydrogen-bond donors (Lipinski definition) is 0. The second kappa shape index (κ2) is 3.13. The Kier molecular flexibility index (Phi) is 1.88. The summed E-state index contributed by atoms with van der Waals surface area (Å²) in [5.41, 5.74) is 2.33. The third kappa shape index (κ3) is 1.30. The Morgan fingerprint density at radius 2 is 2.00 bits per heavy atom. The first kappa shape index (κ1) is 9.03. The van der Waals surface area contributed by atoms with Gasteiger partial charge in [-0.05, 0) is 32.6 Å². The van der Waals surface area contributed by atoms with E-state index in [2.05, 4.69) is 15.1 Å². The smallest absolute Gasteiger partial charge is 0.216 e. The van der Waals surface area contributed by atoms with Crippen LogP contribution < -0.4 is 0 Å². The summed E-state index contributed by atoms with van der Waals surface area (Å²) in [4.78, 5) is 8.78. The molecular weight excluding hydrogens is 208 g/mol. The molecular formula is C10H11N4S. The quantitative estimate of drug-likeness (QED) is 0.635. The van der Waals surface area contributed by atoms with Crippen molar-refractivity contribution in [3.8, 4) is 0 Å². The Morgan fingerprint density at radius 3 is 2.87 bits per heavy atom. The maximum Gasteiger partial charge on any atom is 0.254 e. The summed E-state index contributed by atoms with van der Waals surface area (Å²) < 4.78 is 1.69. The summed E-state index contributed by atoms with van der Waals surface area (Å²) in [5.74, 6) is 1.38. The standard InChI is InChI=1S/C10H11N4S/c1-6-11-10-12-8-5-3-2-4-7(8)9(15)14(10)13-6/h2-5H2,1H3. The molecule has 2 aromatic heterocycles. The van der Waals surface area contributed by atoms with Crippen LogP contribution in [-0.2, 0) is 12.8 Å². The fourth-order valence-corrected chi connectivity index (χ4v) is 2.45. The van der Waals surface area contributed by atoms with Gasteiger partial charge in [0.05, 0.1) is 5.69 Å². The number of aromatic nitrogens is 4. The van der Waals surface area contributed by atoms with E-state index in [0.717, 1.165) is 29.4 Å². The molecule has 5 heteroatoms. The average molecular weight is 219 g/mol. The van der Waals surface area contributed by atoms with Crippen molar-refractivity contribution in [1.29, 1.82) is 0 Å². The van der Waals surface area contributed by atoms with Crippen LogP contribution in [0.3, 0.4) is 0 Å². The van der Waals surface area contributed by atoms with Crippen molar-refractivity contribution >= 4 is 18.4 Å². The molecule has 0 saturated carbocycles. The Bertz CT molecular complexity index is 532. The van der Waals surface area contributed by atoms with E-state index in [9.17, 15) is 0 Å². The molecule has 0 atom stereocenters. The van der Waals surface area contributed by atoms with Gasteiger partial charge in [0.2, 0.25) is 0 Å². The molecule has 0 bridgehead atoms. The summed E-state index contributed by atoms with van der Waals surface area (Å²) in [6.07, 6.45) is 4.48. The largest absolute Gasteiger partial charge is 0.254 e. The van der Waals surface area contributed by atoms with Gasteiger partial charge in [0.15, 0.2) is 0 Å². The highest BCUT2D eigenvalue weighted by Gasteiger charge is 2.18. The van der Waals surface area contributed by atoms with E-state index in [4.69, 9.17) is 12.6 Å². The highest BCUT2D eigenvalue weighted by molar-refractivity contribution is 7.80. The van der Waals surface area contributed by atoms with Crippen LogP contribution in [0.1, 0.15) is 29.9 Å². The van der Waals surface area contributed by atoms with E-state index in [0.29, 0.717) is 5.78 Å². The van der Waals surface area contributed by atoms with Crippen LogP contribution in [0.25, 0.3) is 5.78 Å². The monoisotopic (exact) mass is 219 g/mol. The summed E-state index contributed by atoms with van der Waals surface area (Å²) >= 11 is 5.41. The summed E-state index contributed by atoms with van der Waals surface area (Å²) in [6.45, 7) is 1.86. The Labute approximate surface area is 93.2 Å². The molecule has 0 fully saturated rings. The molecule has 0 aromatic carbocycles. The third-order valence-electron chi connectivity index (χ3n) is 2.82. The molecule has 1 aliphatic rings. The zero-order valence-electron chi connectivity index (χ0n) is 8.53. The topological polar surface area (TPSA) is 43.1 Å². The normalized spacial score (nSPS) is 15.5. The fourth-order valence-electron chi connectivity index (χ4n) is 2.10. The van der Waals surface area contributed by atoms with E-state index >= 15 is 0 Å². The van der Waals surface area contributed by atoms with Crippen LogP contribution in [0.2, 0.25) is 0 Å². The van der Waals surface area contributed by atoms with Gasteiger partial charge < -0.3 is 0 Å². The molecule has 0 N–H and O–H groups in total. The first-order valence-electron chi connectivity index (χ1n) is 5.18. The Hall–Kier alpha value is -1.23. The van der Waals surface area contributed by atoms with Crippen LogP contribution in [0.5, 0.6) is 0 Å². The van der Waals surface area contributed by atoms with Crippen molar-refractivity contribution in [3.05, 3.63) is 17.1 Å². The number of aryl methyl sites for hydroxylation is 2.